The van der Waals surface area contributed by atoms with Crippen LogP contribution in [0.2, 0.25) is 0 Å². The van der Waals surface area contributed by atoms with Crippen molar-refractivity contribution in [2.24, 2.45) is 4.99 Å². The third kappa shape index (κ3) is 2.66. The maximum absolute atomic E-state index is 6.17. The minimum Gasteiger partial charge on any atom is -0.483 e. The van der Waals surface area contributed by atoms with Crippen LogP contribution in [0.4, 0.5) is 5.69 Å². The summed E-state index contributed by atoms with van der Waals surface area (Å²) in [7, 11) is 3.45. The number of ether oxygens (including phenoxy) is 2. The lowest BCUT2D eigenvalue weighted by Gasteiger charge is -2.43. The van der Waals surface area contributed by atoms with Crippen molar-refractivity contribution in [3.63, 3.8) is 0 Å². The smallest absolute Gasteiger partial charge is 0.206 e. The SMILES string of the molecule is COC1=Nc2ccc(C)cc2C(OC)C1(c1ccccc1)c1ccccc1. The van der Waals surface area contributed by atoms with E-state index in [9.17, 15) is 0 Å². The van der Waals surface area contributed by atoms with Gasteiger partial charge in [0.15, 0.2) is 0 Å². The molecule has 3 aromatic rings. The Morgan fingerprint density at radius 2 is 1.41 bits per heavy atom. The molecule has 0 aliphatic carbocycles. The molecular weight excluding hydrogens is 334 g/mol. The van der Waals surface area contributed by atoms with Crippen molar-refractivity contribution in [1.82, 2.24) is 0 Å². The fourth-order valence-corrected chi connectivity index (χ4v) is 4.16. The van der Waals surface area contributed by atoms with E-state index in [0.717, 1.165) is 22.4 Å². The van der Waals surface area contributed by atoms with Crippen LogP contribution in [0.15, 0.2) is 83.9 Å². The number of benzene rings is 3. The van der Waals surface area contributed by atoms with Crippen LogP contribution in [0.25, 0.3) is 0 Å². The first kappa shape index (κ1) is 17.5. The average Bonchev–Trinajstić information content (AvgIpc) is 2.73. The van der Waals surface area contributed by atoms with Crippen molar-refractivity contribution in [1.29, 1.82) is 0 Å². The van der Waals surface area contributed by atoms with Gasteiger partial charge in [0.1, 0.15) is 11.5 Å². The van der Waals surface area contributed by atoms with E-state index < -0.39 is 5.41 Å². The van der Waals surface area contributed by atoms with Gasteiger partial charge in [0.05, 0.1) is 12.8 Å². The zero-order valence-corrected chi connectivity index (χ0v) is 15.8. The van der Waals surface area contributed by atoms with Crippen LogP contribution in [0, 0.1) is 6.92 Å². The van der Waals surface area contributed by atoms with Crippen molar-refractivity contribution >= 4 is 11.6 Å². The van der Waals surface area contributed by atoms with Gasteiger partial charge in [0.25, 0.3) is 0 Å². The number of methoxy groups -OCH3 is 2. The van der Waals surface area contributed by atoms with Crippen molar-refractivity contribution in [3.8, 4) is 0 Å². The Bertz CT molecular complexity index is 925. The van der Waals surface area contributed by atoms with Crippen molar-refractivity contribution in [2.45, 2.75) is 18.4 Å². The van der Waals surface area contributed by atoms with Gasteiger partial charge in [0, 0.05) is 12.7 Å². The quantitative estimate of drug-likeness (QED) is 0.632. The van der Waals surface area contributed by atoms with Gasteiger partial charge in [-0.2, -0.15) is 0 Å². The second-order valence-corrected chi connectivity index (χ2v) is 6.84. The Morgan fingerprint density at radius 1 is 0.815 bits per heavy atom. The number of fused-ring (bicyclic) bond motifs is 1. The predicted octanol–water partition coefficient (Wildman–Crippen LogP) is 5.36. The van der Waals surface area contributed by atoms with Crippen molar-refractivity contribution < 1.29 is 9.47 Å². The van der Waals surface area contributed by atoms with E-state index in [0.29, 0.717) is 5.90 Å². The molecule has 1 heterocycles. The van der Waals surface area contributed by atoms with Crippen molar-refractivity contribution in [2.75, 3.05) is 14.2 Å². The minimum absolute atomic E-state index is 0.260. The monoisotopic (exact) mass is 357 g/mol. The standard InChI is InChI=1S/C24H23NO2/c1-17-14-15-21-20(16-17)22(26-2)24(23(25-21)27-3,18-10-6-4-7-11-18)19-12-8-5-9-13-19/h4-16,22H,1-3H3. The largest absolute Gasteiger partial charge is 0.483 e. The summed E-state index contributed by atoms with van der Waals surface area (Å²) in [6, 6.07) is 27.0. The molecule has 1 aliphatic rings. The maximum Gasteiger partial charge on any atom is 0.206 e. The molecule has 0 N–H and O–H groups in total. The summed E-state index contributed by atoms with van der Waals surface area (Å²) in [5.74, 6) is 0.642. The van der Waals surface area contributed by atoms with Crippen LogP contribution in [-0.4, -0.2) is 20.1 Å². The molecule has 0 radical (unpaired) electrons. The number of hydrogen-bond donors (Lipinski definition) is 0. The average molecular weight is 357 g/mol. The van der Waals surface area contributed by atoms with E-state index in [-0.39, 0.29) is 6.10 Å². The summed E-state index contributed by atoms with van der Waals surface area (Å²) in [6.07, 6.45) is -0.260. The van der Waals surface area contributed by atoms with Gasteiger partial charge in [-0.25, -0.2) is 4.99 Å². The molecule has 0 saturated carbocycles. The summed E-state index contributed by atoms with van der Waals surface area (Å²) in [6.45, 7) is 2.09. The Hall–Kier alpha value is -2.91. The number of nitrogens with zero attached hydrogens (tertiary/aromatic N) is 1. The van der Waals surface area contributed by atoms with E-state index in [4.69, 9.17) is 14.5 Å². The molecule has 0 saturated heterocycles. The van der Waals surface area contributed by atoms with Crippen LogP contribution in [-0.2, 0) is 14.9 Å². The molecule has 1 atom stereocenters. The molecule has 1 unspecified atom stereocenters. The molecule has 3 aromatic carbocycles. The van der Waals surface area contributed by atoms with Gasteiger partial charge < -0.3 is 9.47 Å². The van der Waals surface area contributed by atoms with Gasteiger partial charge in [-0.05, 0) is 24.1 Å². The molecule has 4 rings (SSSR count). The highest BCUT2D eigenvalue weighted by Crippen LogP contribution is 2.52. The molecule has 0 aromatic heterocycles. The summed E-state index contributed by atoms with van der Waals surface area (Å²) in [5, 5.41) is 0. The molecule has 136 valence electrons. The molecule has 1 aliphatic heterocycles. The van der Waals surface area contributed by atoms with E-state index in [1.807, 2.05) is 42.5 Å². The summed E-state index contributed by atoms with van der Waals surface area (Å²) >= 11 is 0. The molecule has 0 fully saturated rings. The van der Waals surface area contributed by atoms with E-state index in [1.165, 1.54) is 5.56 Å². The summed E-state index contributed by atoms with van der Waals surface area (Å²) in [5.41, 5.74) is 4.68. The second-order valence-electron chi connectivity index (χ2n) is 6.84. The fourth-order valence-electron chi connectivity index (χ4n) is 4.16. The van der Waals surface area contributed by atoms with Crippen LogP contribution in [0.5, 0.6) is 0 Å². The van der Waals surface area contributed by atoms with Crippen LogP contribution >= 0.6 is 0 Å². The first-order chi connectivity index (χ1) is 13.2. The molecular formula is C24H23NO2. The normalized spacial score (nSPS) is 17.7. The number of aryl methyl sites for hydroxylation is 1. The zero-order chi connectivity index (χ0) is 18.9. The predicted molar refractivity (Wildman–Crippen MR) is 109 cm³/mol. The number of rotatable bonds is 3. The van der Waals surface area contributed by atoms with E-state index >= 15 is 0 Å². The maximum atomic E-state index is 6.17. The Balaban J connectivity index is 2.10. The molecule has 0 spiro atoms. The van der Waals surface area contributed by atoms with Crippen molar-refractivity contribution in [3.05, 3.63) is 101 Å². The zero-order valence-electron chi connectivity index (χ0n) is 15.8. The third-order valence-corrected chi connectivity index (χ3v) is 5.31. The first-order valence-electron chi connectivity index (χ1n) is 9.09. The second kappa shape index (κ2) is 7.01. The van der Waals surface area contributed by atoms with Gasteiger partial charge in [-0.3, -0.25) is 0 Å². The number of aliphatic imine (C=N–C) groups is 1. The lowest BCUT2D eigenvalue weighted by molar-refractivity contribution is 0.0613. The van der Waals surface area contributed by atoms with Crippen LogP contribution < -0.4 is 0 Å². The summed E-state index contributed by atoms with van der Waals surface area (Å²) in [4.78, 5) is 4.92. The highest BCUT2D eigenvalue weighted by atomic mass is 16.5. The fraction of sp³-hybridized carbons (Fsp3) is 0.208. The highest BCUT2D eigenvalue weighted by molar-refractivity contribution is 5.97. The molecule has 27 heavy (non-hydrogen) atoms. The Labute approximate surface area is 160 Å². The van der Waals surface area contributed by atoms with Gasteiger partial charge in [-0.1, -0.05) is 78.4 Å². The van der Waals surface area contributed by atoms with Crippen LogP contribution in [0.3, 0.4) is 0 Å². The van der Waals surface area contributed by atoms with E-state index in [2.05, 4.69) is 43.3 Å². The third-order valence-electron chi connectivity index (χ3n) is 5.31. The van der Waals surface area contributed by atoms with E-state index in [1.54, 1.807) is 14.2 Å². The number of hydrogen-bond acceptors (Lipinski definition) is 3. The molecule has 0 bridgehead atoms. The Kier molecular flexibility index (Phi) is 4.54. The molecule has 0 amide bonds. The first-order valence-corrected chi connectivity index (χ1v) is 9.09. The van der Waals surface area contributed by atoms with Gasteiger partial charge in [-0.15, -0.1) is 0 Å². The van der Waals surface area contributed by atoms with Gasteiger partial charge in [0.2, 0.25) is 5.90 Å². The van der Waals surface area contributed by atoms with Gasteiger partial charge >= 0.3 is 0 Å². The minimum atomic E-state index is -0.660. The lowest BCUT2D eigenvalue weighted by Crippen LogP contribution is -2.46. The molecule has 3 nitrogen and oxygen atoms in total. The molecule has 3 heteroatoms. The lowest BCUT2D eigenvalue weighted by atomic mass is 9.66. The Morgan fingerprint density at radius 3 is 1.93 bits per heavy atom. The van der Waals surface area contributed by atoms with Crippen LogP contribution in [0.1, 0.15) is 28.4 Å². The summed E-state index contributed by atoms with van der Waals surface area (Å²) < 4.78 is 12.1. The topological polar surface area (TPSA) is 30.8 Å². The highest BCUT2D eigenvalue weighted by Gasteiger charge is 2.52.